The molecule has 1 amide bonds. The zero-order chi connectivity index (χ0) is 20.6. The number of nitrogens with zero attached hydrogens (tertiary/aromatic N) is 2. The number of guanidine groups is 1. The second kappa shape index (κ2) is 11.6. The number of hydrogen-bond donors (Lipinski definition) is 2. The SMILES string of the molecule is CN=C(NCc1cccc(CN2CCCC2=O)c1)Nc1ccc(OC)c(OC)c1.I. The molecular weight excluding hydrogens is 495 g/mol. The Hall–Kier alpha value is -2.49. The van der Waals surface area contributed by atoms with Gasteiger partial charge in [0.05, 0.1) is 14.2 Å². The minimum atomic E-state index is 0. The second-order valence-corrected chi connectivity index (χ2v) is 6.86. The maximum Gasteiger partial charge on any atom is 0.222 e. The fraction of sp³-hybridized carbons (Fsp3) is 0.364. The third kappa shape index (κ3) is 6.25. The Bertz CT molecular complexity index is 888. The van der Waals surface area contributed by atoms with Gasteiger partial charge in [0.25, 0.3) is 0 Å². The summed E-state index contributed by atoms with van der Waals surface area (Å²) in [5.74, 6) is 2.22. The summed E-state index contributed by atoms with van der Waals surface area (Å²) in [5.41, 5.74) is 3.11. The first-order chi connectivity index (χ1) is 14.1. The van der Waals surface area contributed by atoms with Crippen LogP contribution in [0.25, 0.3) is 0 Å². The van der Waals surface area contributed by atoms with Crippen molar-refractivity contribution in [2.24, 2.45) is 4.99 Å². The van der Waals surface area contributed by atoms with Gasteiger partial charge in [0.1, 0.15) is 0 Å². The van der Waals surface area contributed by atoms with Crippen LogP contribution in [0.1, 0.15) is 24.0 Å². The molecule has 2 N–H and O–H groups in total. The van der Waals surface area contributed by atoms with E-state index in [-0.39, 0.29) is 29.9 Å². The van der Waals surface area contributed by atoms with Crippen molar-refractivity contribution in [2.75, 3.05) is 33.1 Å². The Kier molecular flexibility index (Phi) is 9.22. The summed E-state index contributed by atoms with van der Waals surface area (Å²) >= 11 is 0. The van der Waals surface area contributed by atoms with Gasteiger partial charge in [-0.05, 0) is 29.7 Å². The van der Waals surface area contributed by atoms with Gasteiger partial charge in [-0.2, -0.15) is 0 Å². The number of rotatable bonds is 7. The lowest BCUT2D eigenvalue weighted by atomic mass is 10.1. The molecule has 7 nitrogen and oxygen atoms in total. The fourth-order valence-corrected chi connectivity index (χ4v) is 3.35. The summed E-state index contributed by atoms with van der Waals surface area (Å²) in [7, 11) is 4.95. The van der Waals surface area contributed by atoms with Crippen LogP contribution in [0.2, 0.25) is 0 Å². The van der Waals surface area contributed by atoms with Crippen LogP contribution in [-0.2, 0) is 17.9 Å². The number of aliphatic imine (C=N–C) groups is 1. The molecule has 0 aromatic heterocycles. The van der Waals surface area contributed by atoms with Crippen molar-refractivity contribution in [3.05, 3.63) is 53.6 Å². The molecule has 0 bridgehead atoms. The Morgan fingerprint density at radius 2 is 1.87 bits per heavy atom. The van der Waals surface area contributed by atoms with Crippen LogP contribution in [0.3, 0.4) is 0 Å². The molecule has 1 heterocycles. The summed E-state index contributed by atoms with van der Waals surface area (Å²) in [6.07, 6.45) is 1.62. The summed E-state index contributed by atoms with van der Waals surface area (Å²) in [6, 6.07) is 13.9. The van der Waals surface area contributed by atoms with Crippen LogP contribution in [0.4, 0.5) is 5.69 Å². The van der Waals surface area contributed by atoms with Crippen molar-refractivity contribution >= 4 is 41.5 Å². The van der Waals surface area contributed by atoms with E-state index in [9.17, 15) is 4.79 Å². The van der Waals surface area contributed by atoms with Crippen LogP contribution >= 0.6 is 24.0 Å². The van der Waals surface area contributed by atoms with Gasteiger partial charge in [-0.1, -0.05) is 24.3 Å². The van der Waals surface area contributed by atoms with Gasteiger partial charge < -0.3 is 25.0 Å². The first-order valence-corrected chi connectivity index (χ1v) is 9.68. The number of halogens is 1. The molecule has 2 aromatic carbocycles. The average Bonchev–Trinajstić information content (AvgIpc) is 3.15. The number of ether oxygens (including phenoxy) is 2. The highest BCUT2D eigenvalue weighted by Crippen LogP contribution is 2.29. The number of benzene rings is 2. The van der Waals surface area contributed by atoms with Crippen molar-refractivity contribution in [1.29, 1.82) is 0 Å². The maximum atomic E-state index is 11.8. The van der Waals surface area contributed by atoms with E-state index >= 15 is 0 Å². The molecule has 1 saturated heterocycles. The molecule has 0 radical (unpaired) electrons. The summed E-state index contributed by atoms with van der Waals surface area (Å²) < 4.78 is 10.6. The first kappa shape index (κ1) is 23.8. The number of nitrogens with one attached hydrogen (secondary N) is 2. The first-order valence-electron chi connectivity index (χ1n) is 9.68. The molecule has 3 rings (SSSR count). The molecule has 0 atom stereocenters. The molecule has 162 valence electrons. The van der Waals surface area contributed by atoms with Crippen LogP contribution in [0.15, 0.2) is 47.5 Å². The number of likely N-dealkylation sites (tertiary alicyclic amines) is 1. The molecule has 0 spiro atoms. The summed E-state index contributed by atoms with van der Waals surface area (Å²) in [4.78, 5) is 18.1. The predicted octanol–water partition coefficient (Wildman–Crippen LogP) is 3.63. The lowest BCUT2D eigenvalue weighted by molar-refractivity contribution is -0.128. The van der Waals surface area contributed by atoms with Gasteiger partial charge in [-0.15, -0.1) is 24.0 Å². The number of hydrogen-bond acceptors (Lipinski definition) is 4. The Morgan fingerprint density at radius 3 is 2.53 bits per heavy atom. The van der Waals surface area contributed by atoms with E-state index in [1.165, 1.54) is 0 Å². The van der Waals surface area contributed by atoms with Gasteiger partial charge in [0.15, 0.2) is 17.5 Å². The smallest absolute Gasteiger partial charge is 0.222 e. The van der Waals surface area contributed by atoms with E-state index in [1.807, 2.05) is 29.2 Å². The molecule has 30 heavy (non-hydrogen) atoms. The minimum absolute atomic E-state index is 0. The third-order valence-corrected chi connectivity index (χ3v) is 4.87. The third-order valence-electron chi connectivity index (χ3n) is 4.87. The quantitative estimate of drug-likeness (QED) is 0.329. The predicted molar refractivity (Wildman–Crippen MR) is 130 cm³/mol. The summed E-state index contributed by atoms with van der Waals surface area (Å²) in [6.45, 7) is 2.14. The normalized spacial score (nSPS) is 13.6. The number of methoxy groups -OCH3 is 2. The topological polar surface area (TPSA) is 75.2 Å². The van der Waals surface area contributed by atoms with E-state index in [0.717, 1.165) is 29.8 Å². The molecule has 1 aliphatic heterocycles. The van der Waals surface area contributed by atoms with E-state index < -0.39 is 0 Å². The number of carbonyl (C=O) groups excluding carboxylic acids is 1. The Balaban J connectivity index is 0.00000320. The van der Waals surface area contributed by atoms with Crippen LogP contribution in [0, 0.1) is 0 Å². The lowest BCUT2D eigenvalue weighted by Gasteiger charge is -2.17. The fourth-order valence-electron chi connectivity index (χ4n) is 3.35. The molecule has 2 aromatic rings. The van der Waals surface area contributed by atoms with Crippen molar-refractivity contribution in [1.82, 2.24) is 10.2 Å². The Labute approximate surface area is 194 Å². The highest BCUT2D eigenvalue weighted by atomic mass is 127. The van der Waals surface area contributed by atoms with E-state index in [1.54, 1.807) is 21.3 Å². The molecule has 0 saturated carbocycles. The highest BCUT2D eigenvalue weighted by Gasteiger charge is 2.19. The molecule has 1 aliphatic rings. The highest BCUT2D eigenvalue weighted by molar-refractivity contribution is 14.0. The van der Waals surface area contributed by atoms with Crippen molar-refractivity contribution in [3.63, 3.8) is 0 Å². The summed E-state index contributed by atoms with van der Waals surface area (Å²) in [5, 5.41) is 6.57. The van der Waals surface area contributed by atoms with Crippen molar-refractivity contribution in [2.45, 2.75) is 25.9 Å². The van der Waals surface area contributed by atoms with Crippen LogP contribution < -0.4 is 20.1 Å². The van der Waals surface area contributed by atoms with Crippen LogP contribution in [-0.4, -0.2) is 44.6 Å². The Morgan fingerprint density at radius 1 is 1.10 bits per heavy atom. The van der Waals surface area contributed by atoms with Crippen LogP contribution in [0.5, 0.6) is 11.5 Å². The van der Waals surface area contributed by atoms with Gasteiger partial charge in [-0.3, -0.25) is 9.79 Å². The molecule has 1 fully saturated rings. The van der Waals surface area contributed by atoms with Crippen molar-refractivity contribution in [3.8, 4) is 11.5 Å². The van der Waals surface area contributed by atoms with E-state index in [4.69, 9.17) is 9.47 Å². The molecular formula is C22H29IN4O3. The second-order valence-electron chi connectivity index (χ2n) is 6.86. The average molecular weight is 524 g/mol. The number of anilines is 1. The van der Waals surface area contributed by atoms with Crippen molar-refractivity contribution < 1.29 is 14.3 Å². The lowest BCUT2D eigenvalue weighted by Crippen LogP contribution is -2.30. The van der Waals surface area contributed by atoms with Gasteiger partial charge in [0, 0.05) is 44.9 Å². The zero-order valence-corrected chi connectivity index (χ0v) is 19.9. The molecule has 8 heteroatoms. The zero-order valence-electron chi connectivity index (χ0n) is 17.6. The van der Waals surface area contributed by atoms with E-state index in [2.05, 4.69) is 33.8 Å². The maximum absolute atomic E-state index is 11.8. The largest absolute Gasteiger partial charge is 0.493 e. The van der Waals surface area contributed by atoms with Gasteiger partial charge >= 0.3 is 0 Å². The minimum Gasteiger partial charge on any atom is -0.493 e. The standard InChI is InChI=1S/C22H28N4O3.HI/c1-23-22(25-18-9-10-19(28-2)20(13-18)29-3)24-14-16-6-4-7-17(12-16)15-26-11-5-8-21(26)27;/h4,6-7,9-10,12-13H,5,8,11,14-15H2,1-3H3,(H2,23,24,25);1H. The van der Waals surface area contributed by atoms with Gasteiger partial charge in [-0.25, -0.2) is 0 Å². The molecule has 0 unspecified atom stereocenters. The molecule has 0 aliphatic carbocycles. The van der Waals surface area contributed by atoms with E-state index in [0.29, 0.717) is 37.0 Å². The monoisotopic (exact) mass is 524 g/mol. The number of carbonyl (C=O) groups is 1. The number of amides is 1. The van der Waals surface area contributed by atoms with Gasteiger partial charge in [0.2, 0.25) is 5.91 Å².